The maximum Gasteiger partial charge on any atom is 0.315 e. The van der Waals surface area contributed by atoms with E-state index >= 15 is 0 Å². The largest absolute Gasteiger partial charge is 0.350 e. The van der Waals surface area contributed by atoms with Gasteiger partial charge < -0.3 is 5.32 Å². The van der Waals surface area contributed by atoms with Crippen LogP contribution in [0.2, 0.25) is 0 Å². The van der Waals surface area contributed by atoms with E-state index in [1.807, 2.05) is 0 Å². The third-order valence-corrected chi connectivity index (χ3v) is 3.11. The third-order valence-electron chi connectivity index (χ3n) is 2.87. The van der Waals surface area contributed by atoms with Gasteiger partial charge in [-0.05, 0) is 12.8 Å². The van der Waals surface area contributed by atoms with Crippen LogP contribution < -0.4 is 5.32 Å². The molecule has 1 amide bonds. The number of alkyl halides is 3. The molecule has 0 fully saturated rings. The van der Waals surface area contributed by atoms with E-state index in [1.165, 1.54) is 0 Å². The van der Waals surface area contributed by atoms with Crippen molar-refractivity contribution in [3.63, 3.8) is 0 Å². The lowest BCUT2D eigenvalue weighted by Gasteiger charge is -2.29. The first kappa shape index (κ1) is 15.3. The molecule has 0 unspecified atom stereocenters. The monoisotopic (exact) mass is 255 g/mol. The van der Waals surface area contributed by atoms with E-state index in [0.717, 1.165) is 0 Å². The lowest BCUT2D eigenvalue weighted by Crippen LogP contribution is -2.44. The molecule has 0 saturated carbocycles. The van der Waals surface area contributed by atoms with Crippen LogP contribution in [0, 0.1) is 5.41 Å². The molecule has 16 heavy (non-hydrogen) atoms. The molecule has 0 aromatic rings. The second-order valence-electron chi connectivity index (χ2n) is 3.56. The number of carbonyl (C=O) groups is 2. The fourth-order valence-electron chi connectivity index (χ4n) is 1.47. The number of halogens is 3. The van der Waals surface area contributed by atoms with Gasteiger partial charge in [0.2, 0.25) is 0 Å². The molecular weight excluding hydrogens is 240 g/mol. The lowest BCUT2D eigenvalue weighted by molar-refractivity contribution is -0.133. The van der Waals surface area contributed by atoms with Crippen LogP contribution in [0.15, 0.2) is 0 Å². The molecule has 0 atom stereocenters. The maximum atomic E-state index is 12.0. The first-order valence-corrected chi connectivity index (χ1v) is 5.62. The van der Waals surface area contributed by atoms with Crippen molar-refractivity contribution >= 4 is 23.3 Å². The summed E-state index contributed by atoms with van der Waals surface area (Å²) in [5, 5.41) is 2.07. The molecule has 3 nitrogen and oxygen atoms in total. The van der Waals surface area contributed by atoms with E-state index in [9.17, 15) is 18.4 Å². The summed E-state index contributed by atoms with van der Waals surface area (Å²) in [6.07, 6.45) is -2.14. The van der Waals surface area contributed by atoms with Crippen LogP contribution in [0.1, 0.15) is 26.7 Å². The summed E-state index contributed by atoms with van der Waals surface area (Å²) >= 11 is 5.46. The summed E-state index contributed by atoms with van der Waals surface area (Å²) in [6.45, 7) is 3.44. The van der Waals surface area contributed by atoms with Crippen LogP contribution in [-0.4, -0.2) is 30.5 Å². The first-order chi connectivity index (χ1) is 7.43. The van der Waals surface area contributed by atoms with Crippen LogP contribution >= 0.6 is 11.6 Å². The topological polar surface area (TPSA) is 46.2 Å². The standard InChI is InChI=1S/C10H16ClF2NO2/c1-3-10(4-2,7(15)5-11)6-14-9(16)8(12)13/h8H,3-6H2,1-2H3,(H,14,16). The quantitative estimate of drug-likeness (QED) is 0.707. The number of amides is 1. The normalized spacial score (nSPS) is 11.6. The Morgan fingerprint density at radius 3 is 2.12 bits per heavy atom. The summed E-state index contributed by atoms with van der Waals surface area (Å²) in [6, 6.07) is 0. The van der Waals surface area contributed by atoms with Crippen LogP contribution in [0.3, 0.4) is 0 Å². The van der Waals surface area contributed by atoms with Crippen LogP contribution in [0.5, 0.6) is 0 Å². The molecule has 0 spiro atoms. The lowest BCUT2D eigenvalue weighted by atomic mass is 9.78. The molecule has 0 aliphatic carbocycles. The second-order valence-corrected chi connectivity index (χ2v) is 3.83. The summed E-state index contributed by atoms with van der Waals surface area (Å²) in [5.74, 6) is -1.76. The number of rotatable bonds is 7. The minimum Gasteiger partial charge on any atom is -0.350 e. The zero-order valence-electron chi connectivity index (χ0n) is 9.36. The Balaban J connectivity index is 4.56. The predicted molar refractivity (Wildman–Crippen MR) is 57.8 cm³/mol. The van der Waals surface area contributed by atoms with Gasteiger partial charge in [-0.2, -0.15) is 8.78 Å². The van der Waals surface area contributed by atoms with Gasteiger partial charge in [-0.15, -0.1) is 11.6 Å². The summed E-state index contributed by atoms with van der Waals surface area (Å²) in [5.41, 5.74) is -0.827. The summed E-state index contributed by atoms with van der Waals surface area (Å²) < 4.78 is 23.9. The van der Waals surface area contributed by atoms with Gasteiger partial charge >= 0.3 is 6.43 Å². The molecular formula is C10H16ClF2NO2. The highest BCUT2D eigenvalue weighted by Gasteiger charge is 2.34. The third kappa shape index (κ3) is 3.70. The fourth-order valence-corrected chi connectivity index (χ4v) is 1.75. The smallest absolute Gasteiger partial charge is 0.315 e. The molecule has 6 heteroatoms. The summed E-state index contributed by atoms with van der Waals surface area (Å²) in [4.78, 5) is 22.3. The molecule has 0 radical (unpaired) electrons. The van der Waals surface area contributed by atoms with Gasteiger partial charge in [-0.3, -0.25) is 9.59 Å². The van der Waals surface area contributed by atoms with E-state index in [0.29, 0.717) is 12.8 Å². The minimum absolute atomic E-state index is 0.0886. The Kier molecular flexibility index (Phi) is 6.48. The molecule has 0 aromatic carbocycles. The van der Waals surface area contributed by atoms with Gasteiger partial charge in [0.05, 0.1) is 5.88 Å². The predicted octanol–water partition coefficient (Wildman–Crippen LogP) is 1.98. The van der Waals surface area contributed by atoms with Crippen molar-refractivity contribution in [2.45, 2.75) is 33.1 Å². The average molecular weight is 256 g/mol. The Morgan fingerprint density at radius 2 is 1.81 bits per heavy atom. The Morgan fingerprint density at radius 1 is 1.31 bits per heavy atom. The molecule has 94 valence electrons. The number of ketones is 1. The van der Waals surface area contributed by atoms with Crippen LogP contribution in [0.25, 0.3) is 0 Å². The van der Waals surface area contributed by atoms with E-state index in [-0.39, 0.29) is 18.2 Å². The molecule has 0 aliphatic heterocycles. The van der Waals surface area contributed by atoms with Crippen molar-refractivity contribution in [1.29, 1.82) is 0 Å². The van der Waals surface area contributed by atoms with Crippen molar-refractivity contribution in [3.8, 4) is 0 Å². The number of carbonyl (C=O) groups excluding carboxylic acids is 2. The molecule has 0 aromatic heterocycles. The van der Waals surface area contributed by atoms with Gasteiger partial charge in [-0.1, -0.05) is 13.8 Å². The first-order valence-electron chi connectivity index (χ1n) is 5.08. The van der Waals surface area contributed by atoms with Gasteiger partial charge in [0, 0.05) is 12.0 Å². The average Bonchev–Trinajstić information content (AvgIpc) is 2.29. The highest BCUT2D eigenvalue weighted by Crippen LogP contribution is 2.27. The van der Waals surface area contributed by atoms with Crippen LogP contribution in [-0.2, 0) is 9.59 Å². The molecule has 0 heterocycles. The highest BCUT2D eigenvalue weighted by molar-refractivity contribution is 6.28. The Labute approximate surface area is 98.5 Å². The molecule has 0 aliphatic rings. The van der Waals surface area contributed by atoms with Crippen molar-refractivity contribution in [3.05, 3.63) is 0 Å². The van der Waals surface area contributed by atoms with Crippen molar-refractivity contribution in [2.75, 3.05) is 12.4 Å². The number of hydrogen-bond acceptors (Lipinski definition) is 2. The fraction of sp³-hybridized carbons (Fsp3) is 0.800. The van der Waals surface area contributed by atoms with Crippen LogP contribution in [0.4, 0.5) is 8.78 Å². The minimum atomic E-state index is -3.06. The second kappa shape index (κ2) is 6.78. The molecule has 0 saturated heterocycles. The molecule has 0 rings (SSSR count). The van der Waals surface area contributed by atoms with Crippen molar-refractivity contribution < 1.29 is 18.4 Å². The van der Waals surface area contributed by atoms with E-state index in [1.54, 1.807) is 13.8 Å². The molecule has 0 bridgehead atoms. The maximum absolute atomic E-state index is 12.0. The zero-order chi connectivity index (χ0) is 12.8. The van der Waals surface area contributed by atoms with Gasteiger partial charge in [0.25, 0.3) is 5.91 Å². The van der Waals surface area contributed by atoms with Crippen molar-refractivity contribution in [1.82, 2.24) is 5.32 Å². The van der Waals surface area contributed by atoms with Crippen molar-refractivity contribution in [2.24, 2.45) is 5.41 Å². The number of Topliss-reactive ketones (excluding diaryl/α,β-unsaturated/α-hetero) is 1. The van der Waals surface area contributed by atoms with Gasteiger partial charge in [0.1, 0.15) is 0 Å². The van der Waals surface area contributed by atoms with E-state index in [2.05, 4.69) is 5.32 Å². The zero-order valence-corrected chi connectivity index (χ0v) is 10.1. The summed E-state index contributed by atoms with van der Waals surface area (Å²) in [7, 11) is 0. The highest BCUT2D eigenvalue weighted by atomic mass is 35.5. The van der Waals surface area contributed by atoms with Gasteiger partial charge in [0.15, 0.2) is 5.78 Å². The Hall–Kier alpha value is -0.710. The number of nitrogens with one attached hydrogen (secondary N) is 1. The SMILES string of the molecule is CCC(CC)(CNC(=O)C(F)F)C(=O)CCl. The van der Waals surface area contributed by atoms with E-state index in [4.69, 9.17) is 11.6 Å². The Bertz CT molecular complexity index is 255. The molecule has 1 N–H and O–H groups in total. The van der Waals surface area contributed by atoms with E-state index < -0.39 is 17.7 Å². The number of hydrogen-bond donors (Lipinski definition) is 1. The van der Waals surface area contributed by atoms with Gasteiger partial charge in [-0.25, -0.2) is 0 Å².